The number of hydrazine groups is 1. The zero-order valence-electron chi connectivity index (χ0n) is 14.1. The maximum Gasteiger partial charge on any atom is 0.282 e. The molecule has 2 amide bonds. The molecule has 0 radical (unpaired) electrons. The van der Waals surface area contributed by atoms with E-state index in [1.54, 1.807) is 18.2 Å². The lowest BCUT2D eigenvalue weighted by atomic mass is 10.1. The van der Waals surface area contributed by atoms with Crippen LogP contribution in [0.5, 0.6) is 0 Å². The Morgan fingerprint density at radius 1 is 1.12 bits per heavy atom. The lowest BCUT2D eigenvalue weighted by Crippen LogP contribution is -2.35. The molecule has 1 aliphatic heterocycles. The van der Waals surface area contributed by atoms with Gasteiger partial charge in [-0.1, -0.05) is 12.1 Å². The van der Waals surface area contributed by atoms with Crippen molar-refractivity contribution < 1.29 is 9.59 Å². The summed E-state index contributed by atoms with van der Waals surface area (Å²) in [6.45, 7) is 0.744. The normalized spacial score (nSPS) is 15.5. The first-order chi connectivity index (χ1) is 12.5. The van der Waals surface area contributed by atoms with Crippen molar-refractivity contribution in [1.82, 2.24) is 5.43 Å². The van der Waals surface area contributed by atoms with E-state index in [0.717, 1.165) is 21.4 Å². The third-order valence-electron chi connectivity index (χ3n) is 4.04. The van der Waals surface area contributed by atoms with E-state index in [2.05, 4.69) is 28.0 Å². The number of amides is 2. The molecule has 1 heterocycles. The minimum atomic E-state index is -0.406. The number of carbonyl (C=O) groups excluding carboxylic acids is 2. The molecule has 1 aliphatic rings. The van der Waals surface area contributed by atoms with Gasteiger partial charge in [-0.2, -0.15) is 0 Å². The molecule has 0 atom stereocenters. The van der Waals surface area contributed by atoms with Gasteiger partial charge in [0.1, 0.15) is 5.57 Å². The fourth-order valence-corrected chi connectivity index (χ4v) is 3.19. The smallest absolute Gasteiger partial charge is 0.282 e. The summed E-state index contributed by atoms with van der Waals surface area (Å²) in [6, 6.07) is 15.0. The largest absolute Gasteiger partial charge is 0.373 e. The van der Waals surface area contributed by atoms with E-state index in [0.29, 0.717) is 11.6 Å². The summed E-state index contributed by atoms with van der Waals surface area (Å²) in [5, 5.41) is 1.27. The van der Waals surface area contributed by atoms with Crippen molar-refractivity contribution in [2.45, 2.75) is 0 Å². The van der Waals surface area contributed by atoms with Crippen molar-refractivity contribution >= 4 is 63.5 Å². The molecule has 7 heteroatoms. The summed E-state index contributed by atoms with van der Waals surface area (Å²) < 4.78 is 1.05. The van der Waals surface area contributed by atoms with Gasteiger partial charge in [-0.15, -0.1) is 11.6 Å². The quantitative estimate of drug-likeness (QED) is 0.308. The highest BCUT2D eigenvalue weighted by Gasteiger charge is 2.34. The number of rotatable bonds is 5. The minimum absolute atomic E-state index is 0.116. The van der Waals surface area contributed by atoms with E-state index in [1.807, 2.05) is 48.3 Å². The molecule has 2 aromatic carbocycles. The van der Waals surface area contributed by atoms with E-state index in [1.165, 1.54) is 5.01 Å². The first kappa shape index (κ1) is 18.7. The third kappa shape index (κ3) is 4.02. The number of benzene rings is 2. The Kier molecular flexibility index (Phi) is 5.83. The van der Waals surface area contributed by atoms with E-state index < -0.39 is 5.91 Å². The van der Waals surface area contributed by atoms with Crippen LogP contribution in [0.25, 0.3) is 6.08 Å². The fourth-order valence-electron chi connectivity index (χ4n) is 2.58. The monoisotopic (exact) mass is 481 g/mol. The van der Waals surface area contributed by atoms with Gasteiger partial charge in [0.15, 0.2) is 0 Å². The van der Waals surface area contributed by atoms with Crippen LogP contribution in [0.1, 0.15) is 5.56 Å². The second-order valence-electron chi connectivity index (χ2n) is 5.82. The molecule has 0 saturated carbocycles. The molecule has 0 aromatic heterocycles. The molecule has 0 spiro atoms. The van der Waals surface area contributed by atoms with Gasteiger partial charge >= 0.3 is 0 Å². The molecule has 1 fully saturated rings. The first-order valence-corrected chi connectivity index (χ1v) is 9.61. The fraction of sp³-hybridized carbons (Fsp3) is 0.158. The van der Waals surface area contributed by atoms with Crippen LogP contribution in [0.2, 0.25) is 0 Å². The van der Waals surface area contributed by atoms with E-state index >= 15 is 0 Å². The molecule has 0 aliphatic carbocycles. The van der Waals surface area contributed by atoms with Crippen molar-refractivity contribution in [3.05, 3.63) is 63.2 Å². The molecule has 26 heavy (non-hydrogen) atoms. The first-order valence-electron chi connectivity index (χ1n) is 7.99. The maximum atomic E-state index is 12.6. The van der Waals surface area contributed by atoms with Crippen LogP contribution in [0, 0.1) is 3.57 Å². The molecular weight excluding hydrogens is 465 g/mol. The average Bonchev–Trinajstić information content (AvgIpc) is 2.91. The van der Waals surface area contributed by atoms with Crippen molar-refractivity contribution in [2.24, 2.45) is 0 Å². The molecular formula is C19H17ClIN3O2. The maximum absolute atomic E-state index is 12.6. The van der Waals surface area contributed by atoms with E-state index in [-0.39, 0.29) is 11.5 Å². The van der Waals surface area contributed by atoms with Gasteiger partial charge in [-0.05, 0) is 70.6 Å². The minimum Gasteiger partial charge on any atom is -0.373 e. The highest BCUT2D eigenvalue weighted by Crippen LogP contribution is 2.23. The molecule has 0 bridgehead atoms. The number of nitrogens with one attached hydrogen (secondary N) is 1. The topological polar surface area (TPSA) is 52.7 Å². The van der Waals surface area contributed by atoms with Gasteiger partial charge in [-0.3, -0.25) is 15.0 Å². The number of alkyl halides is 1. The van der Waals surface area contributed by atoms with Crippen LogP contribution in [0.15, 0.2) is 54.1 Å². The molecule has 1 saturated heterocycles. The van der Waals surface area contributed by atoms with Gasteiger partial charge in [0.25, 0.3) is 11.8 Å². The lowest BCUT2D eigenvalue weighted by Gasteiger charge is -2.17. The van der Waals surface area contributed by atoms with Crippen LogP contribution in [-0.4, -0.2) is 31.3 Å². The lowest BCUT2D eigenvalue weighted by molar-refractivity contribution is -0.117. The standard InChI is InChI=1S/C19H17ClIN3O2/c1-23(11-10-20)15-6-2-13(3-7-15)12-17-18(25)22-24(19(17)26)16-8-4-14(21)5-9-16/h2-9,12H,10-11H2,1H3,(H,22,25). The van der Waals surface area contributed by atoms with Crippen molar-refractivity contribution in [3.63, 3.8) is 0 Å². The highest BCUT2D eigenvalue weighted by molar-refractivity contribution is 14.1. The molecule has 0 unspecified atom stereocenters. The number of hydrogen-bond acceptors (Lipinski definition) is 3. The van der Waals surface area contributed by atoms with Crippen LogP contribution in [-0.2, 0) is 9.59 Å². The average molecular weight is 482 g/mol. The zero-order chi connectivity index (χ0) is 18.7. The van der Waals surface area contributed by atoms with E-state index in [9.17, 15) is 9.59 Å². The van der Waals surface area contributed by atoms with Gasteiger partial charge < -0.3 is 4.90 Å². The van der Waals surface area contributed by atoms with Crippen molar-refractivity contribution in [2.75, 3.05) is 29.4 Å². The number of nitrogens with zero attached hydrogens (tertiary/aromatic N) is 2. The van der Waals surface area contributed by atoms with Crippen LogP contribution >= 0.6 is 34.2 Å². The van der Waals surface area contributed by atoms with Gasteiger partial charge in [-0.25, -0.2) is 5.01 Å². The van der Waals surface area contributed by atoms with Crippen molar-refractivity contribution in [1.29, 1.82) is 0 Å². The number of hydrogen-bond donors (Lipinski definition) is 1. The predicted octanol–water partition coefficient (Wildman–Crippen LogP) is 3.43. The SMILES string of the molecule is CN(CCCl)c1ccc(C=C2C(=O)NN(c3ccc(I)cc3)C2=O)cc1. The zero-order valence-corrected chi connectivity index (χ0v) is 17.0. The van der Waals surface area contributed by atoms with Crippen LogP contribution < -0.4 is 15.3 Å². The molecule has 5 nitrogen and oxygen atoms in total. The van der Waals surface area contributed by atoms with Gasteiger partial charge in [0.2, 0.25) is 0 Å². The van der Waals surface area contributed by atoms with Crippen LogP contribution in [0.3, 0.4) is 0 Å². The van der Waals surface area contributed by atoms with Crippen LogP contribution in [0.4, 0.5) is 11.4 Å². The summed E-state index contributed by atoms with van der Waals surface area (Å²) in [7, 11) is 1.96. The second kappa shape index (κ2) is 8.09. The third-order valence-corrected chi connectivity index (χ3v) is 4.93. The van der Waals surface area contributed by atoms with Gasteiger partial charge in [0.05, 0.1) is 5.69 Å². The molecule has 1 N–H and O–H groups in total. The number of anilines is 2. The highest BCUT2D eigenvalue weighted by atomic mass is 127. The number of halogens is 2. The molecule has 3 rings (SSSR count). The van der Waals surface area contributed by atoms with E-state index in [4.69, 9.17) is 11.6 Å². The summed E-state index contributed by atoms with van der Waals surface area (Å²) in [6.07, 6.45) is 1.61. The number of carbonyl (C=O) groups is 2. The predicted molar refractivity (Wildman–Crippen MR) is 113 cm³/mol. The summed E-state index contributed by atoms with van der Waals surface area (Å²) in [4.78, 5) is 26.9. The Labute approximate surface area is 170 Å². The Hall–Kier alpha value is -2.06. The molecule has 134 valence electrons. The Morgan fingerprint density at radius 2 is 1.77 bits per heavy atom. The van der Waals surface area contributed by atoms with Crippen molar-refractivity contribution in [3.8, 4) is 0 Å². The Bertz CT molecular complexity index is 850. The summed E-state index contributed by atoms with van der Waals surface area (Å²) in [5.74, 6) is -0.220. The Balaban J connectivity index is 1.81. The Morgan fingerprint density at radius 3 is 2.38 bits per heavy atom. The summed E-state index contributed by atoms with van der Waals surface area (Å²) in [5.41, 5.74) is 5.16. The van der Waals surface area contributed by atoms with Gasteiger partial charge in [0, 0.05) is 28.7 Å². The second-order valence-corrected chi connectivity index (χ2v) is 7.44. The summed E-state index contributed by atoms with van der Waals surface area (Å²) >= 11 is 7.95. The molecule has 2 aromatic rings.